The highest BCUT2D eigenvalue weighted by atomic mass is 32.1. The summed E-state index contributed by atoms with van der Waals surface area (Å²) in [7, 11) is 5.20. The lowest BCUT2D eigenvalue weighted by molar-refractivity contribution is -0.132. The van der Waals surface area contributed by atoms with E-state index >= 15 is 0 Å². The molecule has 0 radical (unpaired) electrons. The lowest BCUT2D eigenvalue weighted by atomic mass is 9.76. The summed E-state index contributed by atoms with van der Waals surface area (Å²) in [6.45, 7) is 4.32. The molecule has 1 fully saturated rings. The molecule has 1 aliphatic heterocycles. The Morgan fingerprint density at radius 2 is 1.91 bits per heavy atom. The highest BCUT2D eigenvalue weighted by molar-refractivity contribution is 7.10. The maximum atomic E-state index is 12.5. The van der Waals surface area contributed by atoms with Gasteiger partial charge in [-0.1, -0.05) is 13.0 Å². The van der Waals surface area contributed by atoms with Crippen LogP contribution >= 0.6 is 11.3 Å². The summed E-state index contributed by atoms with van der Waals surface area (Å²) in [4.78, 5) is 27.3. The minimum atomic E-state index is -0.0728. The van der Waals surface area contributed by atoms with Gasteiger partial charge in [0.25, 0.3) is 0 Å². The zero-order chi connectivity index (χ0) is 24.3. The van der Waals surface area contributed by atoms with Crippen LogP contribution in [-0.4, -0.2) is 61.7 Å². The Labute approximate surface area is 204 Å². The molecule has 9 heteroatoms. The quantitative estimate of drug-likeness (QED) is 0.516. The molecular weight excluding hydrogens is 450 g/mol. The van der Waals surface area contributed by atoms with Gasteiger partial charge in [-0.2, -0.15) is 4.98 Å². The van der Waals surface area contributed by atoms with Crippen LogP contribution in [0.1, 0.15) is 37.5 Å². The zero-order valence-corrected chi connectivity index (χ0v) is 21.2. The third-order valence-corrected chi connectivity index (χ3v) is 7.80. The summed E-state index contributed by atoms with van der Waals surface area (Å²) in [6, 6.07) is 7.94. The second-order valence-electron chi connectivity index (χ2n) is 8.88. The number of methoxy groups -OCH3 is 2. The summed E-state index contributed by atoms with van der Waals surface area (Å²) >= 11 is 1.77. The van der Waals surface area contributed by atoms with Crippen LogP contribution in [0.4, 0.5) is 11.8 Å². The van der Waals surface area contributed by atoms with Gasteiger partial charge in [-0.05, 0) is 36.8 Å². The highest BCUT2D eigenvalue weighted by Crippen LogP contribution is 2.40. The predicted octanol–water partition coefficient (Wildman–Crippen LogP) is 4.09. The minimum absolute atomic E-state index is 0.0728. The molecule has 182 valence electrons. The molecule has 2 N–H and O–H groups in total. The van der Waals surface area contributed by atoms with Crippen molar-refractivity contribution in [3.05, 3.63) is 34.5 Å². The van der Waals surface area contributed by atoms with Gasteiger partial charge in [-0.15, -0.1) is 11.3 Å². The Kier molecular flexibility index (Phi) is 7.11. The molecule has 0 bridgehead atoms. The number of anilines is 2. The van der Waals surface area contributed by atoms with Crippen LogP contribution in [0.15, 0.2) is 29.6 Å². The summed E-state index contributed by atoms with van der Waals surface area (Å²) in [5, 5.41) is 2.85. The number of carbonyl (C=O) groups excluding carboxylic acids is 1. The van der Waals surface area contributed by atoms with Crippen molar-refractivity contribution in [1.82, 2.24) is 14.9 Å². The van der Waals surface area contributed by atoms with Crippen LogP contribution in [0.5, 0.6) is 11.5 Å². The molecule has 3 heterocycles. The molecule has 0 saturated carbocycles. The van der Waals surface area contributed by atoms with Crippen molar-refractivity contribution in [3.63, 3.8) is 0 Å². The molecule has 8 nitrogen and oxygen atoms in total. The van der Waals surface area contributed by atoms with Gasteiger partial charge in [-0.25, -0.2) is 4.98 Å². The fourth-order valence-corrected chi connectivity index (χ4v) is 5.76. The number of nitrogens with zero attached hydrogens (tertiary/aromatic N) is 4. The smallest absolute Gasteiger partial charge is 0.227 e. The number of ether oxygens (including phenoxy) is 2. The van der Waals surface area contributed by atoms with Crippen LogP contribution in [0, 0.1) is 0 Å². The number of thiophene rings is 1. The average Bonchev–Trinajstić information content (AvgIpc) is 3.39. The molecule has 4 rings (SSSR count). The molecule has 2 aromatic heterocycles. The van der Waals surface area contributed by atoms with Gasteiger partial charge in [0.15, 0.2) is 11.5 Å². The van der Waals surface area contributed by atoms with Crippen molar-refractivity contribution < 1.29 is 14.3 Å². The van der Waals surface area contributed by atoms with Gasteiger partial charge >= 0.3 is 0 Å². The van der Waals surface area contributed by atoms with Crippen LogP contribution in [0.3, 0.4) is 0 Å². The van der Waals surface area contributed by atoms with Gasteiger partial charge in [0.2, 0.25) is 11.9 Å². The van der Waals surface area contributed by atoms with Crippen molar-refractivity contribution in [3.8, 4) is 11.5 Å². The highest BCUT2D eigenvalue weighted by Gasteiger charge is 2.39. The molecule has 34 heavy (non-hydrogen) atoms. The SMILES string of the molecule is CCCC(=O)N1CCC(CN(C)c2nc(N)c3cc(OC)c(OC)cc3n2)(c2cccs2)CC1. The molecule has 3 aromatic rings. The number of nitrogens with two attached hydrogens (primary N) is 1. The van der Waals surface area contributed by atoms with E-state index < -0.39 is 0 Å². The zero-order valence-electron chi connectivity index (χ0n) is 20.3. The van der Waals surface area contributed by atoms with Gasteiger partial charge < -0.3 is 25.0 Å². The number of aromatic nitrogens is 2. The average molecular weight is 484 g/mol. The maximum absolute atomic E-state index is 12.5. The van der Waals surface area contributed by atoms with E-state index in [2.05, 4.69) is 27.4 Å². The number of rotatable bonds is 8. The number of amides is 1. The van der Waals surface area contributed by atoms with Gasteiger partial charge in [-0.3, -0.25) is 4.79 Å². The van der Waals surface area contributed by atoms with Crippen LogP contribution in [-0.2, 0) is 10.2 Å². The van der Waals surface area contributed by atoms with Gasteiger partial charge in [0, 0.05) is 54.8 Å². The number of piperidine rings is 1. The first-order valence-corrected chi connectivity index (χ1v) is 12.5. The number of benzene rings is 1. The maximum Gasteiger partial charge on any atom is 0.227 e. The summed E-state index contributed by atoms with van der Waals surface area (Å²) in [5.41, 5.74) is 6.97. The second kappa shape index (κ2) is 10.0. The number of hydrogen-bond acceptors (Lipinski definition) is 8. The first kappa shape index (κ1) is 24.1. The van der Waals surface area contributed by atoms with E-state index in [4.69, 9.17) is 20.2 Å². The lowest BCUT2D eigenvalue weighted by Crippen LogP contribution is -2.49. The van der Waals surface area contributed by atoms with Crippen molar-refractivity contribution in [2.45, 2.75) is 38.0 Å². The summed E-state index contributed by atoms with van der Waals surface area (Å²) in [6.07, 6.45) is 3.30. The Hall–Kier alpha value is -3.07. The Morgan fingerprint density at radius 1 is 1.21 bits per heavy atom. The van der Waals surface area contributed by atoms with Crippen LogP contribution in [0.25, 0.3) is 10.9 Å². The van der Waals surface area contributed by atoms with Crippen molar-refractivity contribution in [2.75, 3.05) is 51.5 Å². The fraction of sp³-hybridized carbons (Fsp3) is 0.480. The van der Waals surface area contributed by atoms with E-state index in [1.807, 2.05) is 31.0 Å². The molecule has 1 saturated heterocycles. The fourth-order valence-electron chi connectivity index (χ4n) is 4.78. The lowest BCUT2D eigenvalue weighted by Gasteiger charge is -2.43. The normalized spacial score (nSPS) is 15.4. The van der Waals surface area contributed by atoms with E-state index in [1.165, 1.54) is 4.88 Å². The van der Waals surface area contributed by atoms with E-state index in [9.17, 15) is 4.79 Å². The topological polar surface area (TPSA) is 93.8 Å². The Bertz CT molecular complexity index is 1140. The van der Waals surface area contributed by atoms with Gasteiger partial charge in [0.05, 0.1) is 19.7 Å². The molecular formula is C25H33N5O3S. The number of nitrogen functional groups attached to an aromatic ring is 1. The van der Waals surface area contributed by atoms with Gasteiger partial charge in [0.1, 0.15) is 5.82 Å². The number of hydrogen-bond donors (Lipinski definition) is 1. The van der Waals surface area contributed by atoms with Crippen LogP contribution in [0.2, 0.25) is 0 Å². The number of likely N-dealkylation sites (tertiary alicyclic amines) is 1. The van der Waals surface area contributed by atoms with E-state index in [1.54, 1.807) is 25.6 Å². The minimum Gasteiger partial charge on any atom is -0.493 e. The number of carbonyl (C=O) groups is 1. The molecule has 0 unspecified atom stereocenters. The number of likely N-dealkylation sites (N-methyl/N-ethyl adjacent to an activating group) is 1. The number of fused-ring (bicyclic) bond motifs is 1. The molecule has 0 spiro atoms. The Morgan fingerprint density at radius 3 is 2.53 bits per heavy atom. The molecule has 0 aliphatic carbocycles. The van der Waals surface area contributed by atoms with Crippen molar-refractivity contribution in [2.24, 2.45) is 0 Å². The third-order valence-electron chi connectivity index (χ3n) is 6.68. The standard InChI is InChI=1S/C25H33N5O3S/c1-5-7-22(31)30-11-9-25(10-12-30,21-8-6-13-34-21)16-29(2)24-27-18-15-20(33-4)19(32-3)14-17(18)23(26)28-24/h6,8,13-15H,5,7,9-12,16H2,1-4H3,(H2,26,27,28). The second-order valence-corrected chi connectivity index (χ2v) is 9.83. The molecule has 1 amide bonds. The summed E-state index contributed by atoms with van der Waals surface area (Å²) in [5.74, 6) is 2.41. The Balaban J connectivity index is 1.62. The van der Waals surface area contributed by atoms with Crippen LogP contribution < -0.4 is 20.1 Å². The monoisotopic (exact) mass is 483 g/mol. The van der Waals surface area contributed by atoms with E-state index in [-0.39, 0.29) is 11.3 Å². The molecule has 0 atom stereocenters. The third kappa shape index (κ3) is 4.61. The van der Waals surface area contributed by atoms with Crippen molar-refractivity contribution in [1.29, 1.82) is 0 Å². The van der Waals surface area contributed by atoms with Crippen molar-refractivity contribution >= 4 is 39.9 Å². The summed E-state index contributed by atoms with van der Waals surface area (Å²) < 4.78 is 10.8. The predicted molar refractivity (Wildman–Crippen MR) is 137 cm³/mol. The molecule has 1 aromatic carbocycles. The first-order chi connectivity index (χ1) is 16.4. The van der Waals surface area contributed by atoms with E-state index in [0.29, 0.717) is 35.2 Å². The first-order valence-electron chi connectivity index (χ1n) is 11.6. The van der Waals surface area contributed by atoms with E-state index in [0.717, 1.165) is 44.3 Å². The largest absolute Gasteiger partial charge is 0.493 e. The molecule has 1 aliphatic rings.